The Morgan fingerprint density at radius 3 is 2.95 bits per heavy atom. The van der Waals surface area contributed by atoms with E-state index in [9.17, 15) is 13.2 Å². The lowest BCUT2D eigenvalue weighted by Gasteiger charge is -2.29. The summed E-state index contributed by atoms with van der Waals surface area (Å²) < 4.78 is 29.6. The first kappa shape index (κ1) is 14.9. The summed E-state index contributed by atoms with van der Waals surface area (Å²) >= 11 is 0. The van der Waals surface area contributed by atoms with E-state index in [1.807, 2.05) is 0 Å². The molecule has 0 spiro atoms. The van der Waals surface area contributed by atoms with E-state index in [2.05, 4.69) is 9.82 Å². The third-order valence-corrected chi connectivity index (χ3v) is 4.95. The number of nitrogens with one attached hydrogen (secondary N) is 1. The van der Waals surface area contributed by atoms with E-state index < -0.39 is 22.1 Å². The van der Waals surface area contributed by atoms with Crippen molar-refractivity contribution < 1.29 is 18.3 Å². The minimum Gasteiger partial charge on any atom is -0.481 e. The number of piperidine rings is 1. The second-order valence-corrected chi connectivity index (χ2v) is 6.56. The smallest absolute Gasteiger partial charge is 0.307 e. The van der Waals surface area contributed by atoms with Crippen LogP contribution < -0.4 is 4.72 Å². The van der Waals surface area contributed by atoms with Gasteiger partial charge in [-0.15, -0.1) is 0 Å². The molecular weight excluding hydrogens is 284 g/mol. The number of aliphatic carboxylic acids is 1. The van der Waals surface area contributed by atoms with Crippen molar-refractivity contribution in [3.63, 3.8) is 0 Å². The highest BCUT2D eigenvalue weighted by Gasteiger charge is 2.32. The fourth-order valence-corrected chi connectivity index (χ4v) is 3.45. The van der Waals surface area contributed by atoms with Crippen LogP contribution in [0.3, 0.4) is 0 Å². The molecule has 0 amide bonds. The van der Waals surface area contributed by atoms with Gasteiger partial charge in [-0.25, -0.2) is 0 Å². The van der Waals surface area contributed by atoms with Crippen molar-refractivity contribution in [3.8, 4) is 0 Å². The Kier molecular flexibility index (Phi) is 4.41. The van der Waals surface area contributed by atoms with Gasteiger partial charge in [0.1, 0.15) is 0 Å². The molecule has 0 saturated carbocycles. The first-order chi connectivity index (χ1) is 9.40. The van der Waals surface area contributed by atoms with Crippen LogP contribution in [-0.4, -0.2) is 46.7 Å². The minimum absolute atomic E-state index is 0.0239. The highest BCUT2D eigenvalue weighted by Crippen LogP contribution is 2.18. The maximum atomic E-state index is 12.2. The van der Waals surface area contributed by atoms with Crippen molar-refractivity contribution in [2.45, 2.75) is 19.4 Å². The summed E-state index contributed by atoms with van der Waals surface area (Å²) in [5, 5.41) is 12.9. The van der Waals surface area contributed by atoms with Gasteiger partial charge in [0.25, 0.3) is 10.2 Å². The average Bonchev–Trinajstić information content (AvgIpc) is 2.82. The zero-order chi connectivity index (χ0) is 14.8. The average molecular weight is 302 g/mol. The SMILES string of the molecule is Cn1nccc1CNS(=O)(=O)N1CCCC(C(=O)O)C1. The van der Waals surface area contributed by atoms with E-state index in [0.717, 1.165) is 5.69 Å². The lowest BCUT2D eigenvalue weighted by atomic mass is 10.0. The summed E-state index contributed by atoms with van der Waals surface area (Å²) in [7, 11) is -1.94. The summed E-state index contributed by atoms with van der Waals surface area (Å²) in [6, 6.07) is 1.72. The lowest BCUT2D eigenvalue weighted by Crippen LogP contribution is -2.47. The standard InChI is InChI=1S/C11H18N4O4S/c1-14-10(4-5-12-14)7-13-20(18,19)15-6-2-3-9(8-15)11(16)17/h4-5,9,13H,2-3,6-8H2,1H3,(H,16,17). The summed E-state index contributed by atoms with van der Waals surface area (Å²) in [5.41, 5.74) is 0.736. The maximum absolute atomic E-state index is 12.2. The largest absolute Gasteiger partial charge is 0.481 e. The van der Waals surface area contributed by atoms with Gasteiger partial charge in [-0.1, -0.05) is 0 Å². The molecule has 20 heavy (non-hydrogen) atoms. The van der Waals surface area contributed by atoms with Crippen LogP contribution in [0, 0.1) is 5.92 Å². The Morgan fingerprint density at radius 1 is 1.60 bits per heavy atom. The van der Waals surface area contributed by atoms with Crippen LogP contribution in [0.5, 0.6) is 0 Å². The second kappa shape index (κ2) is 5.90. The molecule has 8 nitrogen and oxygen atoms in total. The van der Waals surface area contributed by atoms with Gasteiger partial charge in [0, 0.05) is 26.3 Å². The number of carbonyl (C=O) groups is 1. The normalized spacial score (nSPS) is 20.9. The number of nitrogens with zero attached hydrogens (tertiary/aromatic N) is 3. The van der Waals surface area contributed by atoms with Crippen LogP contribution >= 0.6 is 0 Å². The molecule has 1 aromatic rings. The summed E-state index contributed by atoms with van der Waals surface area (Å²) in [5.74, 6) is -1.58. The molecule has 0 aliphatic carbocycles. The molecule has 1 fully saturated rings. The van der Waals surface area contributed by atoms with Crippen molar-refractivity contribution in [2.75, 3.05) is 13.1 Å². The van der Waals surface area contributed by atoms with Gasteiger partial charge in [0.05, 0.1) is 18.2 Å². The summed E-state index contributed by atoms with van der Waals surface area (Å²) in [6.07, 6.45) is 2.66. The Labute approximate surface area is 117 Å². The third kappa shape index (κ3) is 3.35. The molecule has 1 saturated heterocycles. The Bertz CT molecular complexity index is 583. The number of aryl methyl sites for hydroxylation is 1. The van der Waals surface area contributed by atoms with E-state index in [4.69, 9.17) is 5.11 Å². The molecule has 2 rings (SSSR count). The molecule has 1 aromatic heterocycles. The van der Waals surface area contributed by atoms with E-state index in [0.29, 0.717) is 19.4 Å². The monoisotopic (exact) mass is 302 g/mol. The number of hydrogen-bond acceptors (Lipinski definition) is 4. The Morgan fingerprint density at radius 2 is 2.35 bits per heavy atom. The molecule has 1 aliphatic rings. The quantitative estimate of drug-likeness (QED) is 0.766. The molecule has 0 aromatic carbocycles. The van der Waals surface area contributed by atoms with Gasteiger partial charge in [-0.05, 0) is 18.9 Å². The van der Waals surface area contributed by atoms with Crippen molar-refractivity contribution in [1.29, 1.82) is 0 Å². The molecule has 1 atom stereocenters. The number of carboxylic acid groups (broad SMARTS) is 1. The van der Waals surface area contributed by atoms with Crippen molar-refractivity contribution in [3.05, 3.63) is 18.0 Å². The van der Waals surface area contributed by atoms with Crippen molar-refractivity contribution in [1.82, 2.24) is 18.8 Å². The predicted molar refractivity (Wildman–Crippen MR) is 70.9 cm³/mol. The number of aromatic nitrogens is 2. The van der Waals surface area contributed by atoms with Crippen LogP contribution in [0.4, 0.5) is 0 Å². The zero-order valence-corrected chi connectivity index (χ0v) is 12.0. The van der Waals surface area contributed by atoms with Gasteiger partial charge < -0.3 is 5.11 Å². The van der Waals surface area contributed by atoms with Crippen LogP contribution in [0.2, 0.25) is 0 Å². The second-order valence-electron chi connectivity index (χ2n) is 4.81. The van der Waals surface area contributed by atoms with Crippen LogP contribution in [-0.2, 0) is 28.6 Å². The lowest BCUT2D eigenvalue weighted by molar-refractivity contribution is -0.142. The van der Waals surface area contributed by atoms with Crippen molar-refractivity contribution >= 4 is 16.2 Å². The molecule has 9 heteroatoms. The maximum Gasteiger partial charge on any atom is 0.307 e. The summed E-state index contributed by atoms with van der Waals surface area (Å²) in [6.45, 7) is 0.508. The highest BCUT2D eigenvalue weighted by molar-refractivity contribution is 7.87. The molecule has 0 bridgehead atoms. The third-order valence-electron chi connectivity index (χ3n) is 3.43. The highest BCUT2D eigenvalue weighted by atomic mass is 32.2. The molecular formula is C11H18N4O4S. The molecule has 2 N–H and O–H groups in total. The van der Waals surface area contributed by atoms with Gasteiger partial charge in [0.2, 0.25) is 0 Å². The van der Waals surface area contributed by atoms with E-state index in [1.54, 1.807) is 24.0 Å². The van der Waals surface area contributed by atoms with Gasteiger partial charge >= 0.3 is 5.97 Å². The number of carboxylic acids is 1. The Balaban J connectivity index is 1.99. The Hall–Kier alpha value is -1.45. The van der Waals surface area contributed by atoms with Crippen LogP contribution in [0.15, 0.2) is 12.3 Å². The van der Waals surface area contributed by atoms with Gasteiger partial charge in [0.15, 0.2) is 0 Å². The van der Waals surface area contributed by atoms with E-state index in [1.165, 1.54) is 4.31 Å². The minimum atomic E-state index is -3.66. The molecule has 0 radical (unpaired) electrons. The van der Waals surface area contributed by atoms with Gasteiger partial charge in [-0.3, -0.25) is 9.48 Å². The zero-order valence-electron chi connectivity index (χ0n) is 11.2. The topological polar surface area (TPSA) is 105 Å². The fourth-order valence-electron chi connectivity index (χ4n) is 2.19. The van der Waals surface area contributed by atoms with Crippen molar-refractivity contribution in [2.24, 2.45) is 13.0 Å². The molecule has 1 aliphatic heterocycles. The number of rotatable bonds is 5. The first-order valence-corrected chi connectivity index (χ1v) is 7.78. The van der Waals surface area contributed by atoms with Crippen LogP contribution in [0.1, 0.15) is 18.5 Å². The van der Waals surface area contributed by atoms with Crippen LogP contribution in [0.25, 0.3) is 0 Å². The predicted octanol–water partition coefficient (Wildman–Crippen LogP) is -0.449. The van der Waals surface area contributed by atoms with Gasteiger partial charge in [-0.2, -0.15) is 22.5 Å². The number of hydrogen-bond donors (Lipinski definition) is 2. The summed E-state index contributed by atoms with van der Waals surface area (Å²) in [4.78, 5) is 11.0. The van der Waals surface area contributed by atoms with E-state index in [-0.39, 0.29) is 13.1 Å². The van der Waals surface area contributed by atoms with E-state index >= 15 is 0 Å². The fraction of sp³-hybridized carbons (Fsp3) is 0.636. The first-order valence-electron chi connectivity index (χ1n) is 6.34. The molecule has 2 heterocycles. The molecule has 112 valence electrons. The molecule has 1 unspecified atom stereocenters.